The summed E-state index contributed by atoms with van der Waals surface area (Å²) in [7, 11) is 0. The van der Waals surface area contributed by atoms with Gasteiger partial charge in [0, 0.05) is 37.3 Å². The summed E-state index contributed by atoms with van der Waals surface area (Å²) in [6.45, 7) is 8.15. The number of carboxylic acids is 2. The number of thioether (sulfide) groups is 1. The average Bonchev–Trinajstić information content (AvgIpc) is 1.74. The van der Waals surface area contributed by atoms with Gasteiger partial charge in [-0.25, -0.2) is 4.79 Å². The predicted octanol–water partition coefficient (Wildman–Crippen LogP) is 11.8. The standard InChI is InChI=1S/C72H129N7O15S/c1-6-9-12-15-18-21-24-26-28-31-34-37-40-45-67(86)93-53-57(94-68(87)46-41-38-35-32-29-27-25-22-19-16-13-10-7-2)54-95-55-60(77-62(80)44-39-36-33-30-23-20-17-14-11-8-3)69(88)75-51-64(82)73-50-63(81)74-52-65(83)76-58(49-66(84)85)71(90)79-47-42-43-61(79)70(89)78-59(72(91)92)48-56(4)5/h56-61H,6-55H2,1-5H3,(H,73,82)(H,74,81)(H,75,88)(H,76,83)(H,77,80)(H,78,89)(H,84,85)(H,91,92)/t57-,58+,59+,60+,61+/m1/s1. The van der Waals surface area contributed by atoms with Gasteiger partial charge in [-0.2, -0.15) is 11.8 Å². The Labute approximate surface area is 574 Å². The molecule has 0 unspecified atom stereocenters. The van der Waals surface area contributed by atoms with Crippen molar-refractivity contribution in [3.63, 3.8) is 0 Å². The van der Waals surface area contributed by atoms with E-state index in [4.69, 9.17) is 9.47 Å². The van der Waals surface area contributed by atoms with Crippen molar-refractivity contribution in [1.82, 2.24) is 36.8 Å². The first-order valence-electron chi connectivity index (χ1n) is 37.2. The van der Waals surface area contributed by atoms with Gasteiger partial charge >= 0.3 is 23.9 Å². The topological polar surface area (TPSA) is 322 Å². The maximum atomic E-state index is 13.8. The number of aliphatic carboxylic acids is 2. The maximum Gasteiger partial charge on any atom is 0.326 e. The molecule has 1 heterocycles. The van der Waals surface area contributed by atoms with E-state index in [1.165, 1.54) is 159 Å². The fraction of sp³-hybridized carbons (Fsp3) is 0.847. The summed E-state index contributed by atoms with van der Waals surface area (Å²) in [6.07, 6.45) is 40.9. The lowest BCUT2D eigenvalue weighted by Crippen LogP contribution is -2.56. The average molecular weight is 1360 g/mol. The van der Waals surface area contributed by atoms with Crippen molar-refractivity contribution in [3.8, 4) is 0 Å². The minimum Gasteiger partial charge on any atom is -0.481 e. The van der Waals surface area contributed by atoms with Crippen molar-refractivity contribution in [2.75, 3.05) is 44.3 Å². The number of ether oxygens (including phenoxy) is 2. The molecule has 0 aromatic carbocycles. The van der Waals surface area contributed by atoms with Gasteiger partial charge in [0.05, 0.1) is 26.1 Å². The molecule has 0 aliphatic carbocycles. The normalized spacial score (nSPS) is 14.1. The zero-order valence-corrected chi connectivity index (χ0v) is 60.2. The molecule has 1 aliphatic rings. The second-order valence-corrected chi connectivity index (χ2v) is 27.7. The van der Waals surface area contributed by atoms with Crippen molar-refractivity contribution in [1.29, 1.82) is 0 Å². The smallest absolute Gasteiger partial charge is 0.326 e. The highest BCUT2D eigenvalue weighted by molar-refractivity contribution is 7.99. The van der Waals surface area contributed by atoms with E-state index in [9.17, 15) is 63.0 Å². The van der Waals surface area contributed by atoms with Crippen LogP contribution in [0.25, 0.3) is 0 Å². The molecule has 0 aromatic heterocycles. The van der Waals surface area contributed by atoms with Crippen LogP contribution in [0.3, 0.4) is 0 Å². The van der Waals surface area contributed by atoms with Gasteiger partial charge in [0.25, 0.3) is 0 Å². The lowest BCUT2D eigenvalue weighted by molar-refractivity contribution is -0.157. The third-order valence-corrected chi connectivity index (χ3v) is 18.4. The van der Waals surface area contributed by atoms with Crippen LogP contribution in [0.1, 0.15) is 311 Å². The second-order valence-electron chi connectivity index (χ2n) is 26.6. The van der Waals surface area contributed by atoms with Crippen molar-refractivity contribution in [3.05, 3.63) is 0 Å². The number of hydrogen-bond donors (Lipinski definition) is 8. The van der Waals surface area contributed by atoms with Crippen LogP contribution in [0.4, 0.5) is 0 Å². The molecule has 8 N–H and O–H groups in total. The number of amides is 7. The number of nitrogens with one attached hydrogen (secondary N) is 6. The van der Waals surface area contributed by atoms with Crippen molar-refractivity contribution in [2.24, 2.45) is 5.92 Å². The third kappa shape index (κ3) is 48.8. The molecule has 1 fully saturated rings. The Morgan fingerprint density at radius 2 is 0.874 bits per heavy atom. The lowest BCUT2D eigenvalue weighted by Gasteiger charge is -2.29. The summed E-state index contributed by atoms with van der Waals surface area (Å²) in [5.41, 5.74) is 0. The summed E-state index contributed by atoms with van der Waals surface area (Å²) in [5.74, 6) is -8.59. The Bertz CT molecular complexity index is 2160. The van der Waals surface area contributed by atoms with E-state index < -0.39 is 110 Å². The van der Waals surface area contributed by atoms with Crippen LogP contribution >= 0.6 is 11.8 Å². The molecule has 1 rings (SSSR count). The van der Waals surface area contributed by atoms with Crippen molar-refractivity contribution < 1.29 is 72.4 Å². The van der Waals surface area contributed by atoms with Crippen LogP contribution in [0, 0.1) is 5.92 Å². The fourth-order valence-corrected chi connectivity index (χ4v) is 12.6. The highest BCUT2D eigenvalue weighted by atomic mass is 32.2. The Morgan fingerprint density at radius 1 is 0.463 bits per heavy atom. The molecular formula is C72H129N7O15S. The largest absolute Gasteiger partial charge is 0.481 e. The quantitative estimate of drug-likeness (QED) is 0.0207. The van der Waals surface area contributed by atoms with Gasteiger partial charge in [0.1, 0.15) is 36.9 Å². The van der Waals surface area contributed by atoms with Crippen molar-refractivity contribution in [2.45, 2.75) is 341 Å². The summed E-state index contributed by atoms with van der Waals surface area (Å²) in [5, 5.41) is 34.0. The number of carboxylic acid groups (broad SMARTS) is 2. The van der Waals surface area contributed by atoms with E-state index in [-0.39, 0.29) is 74.6 Å². The Hall–Kier alpha value is -5.48. The molecule has 1 aliphatic heterocycles. The molecule has 0 bridgehead atoms. The van der Waals surface area contributed by atoms with E-state index in [0.717, 1.165) is 69.1 Å². The SMILES string of the molecule is CCCCCCCCCCCCCCCC(=O)OC[C@H](CSC[C@H](NC(=O)CCCCCCCCCCCC)C(=O)NCC(=O)NCC(=O)NCC(=O)N[C@@H](CC(=O)O)C(=O)N1CCC[C@H]1C(=O)N[C@@H](CC(C)C)C(=O)O)OC(=O)CCCCCCCCCCCCCCC. The molecular weight excluding hydrogens is 1230 g/mol. The number of carbonyl (C=O) groups excluding carboxylic acids is 9. The number of rotatable bonds is 63. The third-order valence-electron chi connectivity index (χ3n) is 17.2. The number of nitrogens with zero attached hydrogens (tertiary/aromatic N) is 1. The van der Waals surface area contributed by atoms with Crippen LogP contribution in [-0.2, 0) is 62.2 Å². The van der Waals surface area contributed by atoms with E-state index >= 15 is 0 Å². The molecule has 0 aromatic rings. The van der Waals surface area contributed by atoms with Crippen LogP contribution < -0.4 is 31.9 Å². The zero-order chi connectivity index (χ0) is 70.1. The first kappa shape index (κ1) is 87.5. The van der Waals surface area contributed by atoms with Gasteiger partial charge in [-0.05, 0) is 44.4 Å². The summed E-state index contributed by atoms with van der Waals surface area (Å²) >= 11 is 1.22. The molecule has 23 heteroatoms. The van der Waals surface area contributed by atoms with E-state index in [0.29, 0.717) is 25.7 Å². The monoisotopic (exact) mass is 1360 g/mol. The highest BCUT2D eigenvalue weighted by Gasteiger charge is 2.40. The van der Waals surface area contributed by atoms with Gasteiger partial charge in [-0.1, -0.05) is 247 Å². The van der Waals surface area contributed by atoms with E-state index in [1.54, 1.807) is 13.8 Å². The Kier molecular flexibility index (Phi) is 54.0. The number of carbonyl (C=O) groups is 11. The zero-order valence-electron chi connectivity index (χ0n) is 59.4. The minimum absolute atomic E-state index is 0.0139. The number of likely N-dealkylation sites (tertiary alicyclic amines) is 1. The number of hydrogen-bond acceptors (Lipinski definition) is 14. The van der Waals surface area contributed by atoms with Crippen LogP contribution in [-0.4, -0.2) is 155 Å². The van der Waals surface area contributed by atoms with Crippen LogP contribution in [0.15, 0.2) is 0 Å². The summed E-state index contributed by atoms with van der Waals surface area (Å²) in [6, 6.07) is -5.08. The van der Waals surface area contributed by atoms with Gasteiger partial charge in [-0.3, -0.25) is 47.9 Å². The Morgan fingerprint density at radius 3 is 1.32 bits per heavy atom. The lowest BCUT2D eigenvalue weighted by atomic mass is 10.0. The van der Waals surface area contributed by atoms with Crippen molar-refractivity contribution >= 4 is 77.0 Å². The molecule has 0 radical (unpaired) electrons. The second kappa shape index (κ2) is 58.7. The van der Waals surface area contributed by atoms with E-state index in [2.05, 4.69) is 52.7 Å². The van der Waals surface area contributed by atoms with Gasteiger partial charge in [0.2, 0.25) is 41.4 Å². The molecule has 95 heavy (non-hydrogen) atoms. The molecule has 548 valence electrons. The van der Waals surface area contributed by atoms with Crippen LogP contribution in [0.5, 0.6) is 0 Å². The summed E-state index contributed by atoms with van der Waals surface area (Å²) < 4.78 is 11.6. The first-order valence-corrected chi connectivity index (χ1v) is 38.3. The number of unbranched alkanes of at least 4 members (excludes halogenated alkanes) is 33. The fourth-order valence-electron chi connectivity index (χ4n) is 11.6. The van der Waals surface area contributed by atoms with Gasteiger partial charge in [0.15, 0.2) is 0 Å². The van der Waals surface area contributed by atoms with Gasteiger partial charge < -0.3 is 56.5 Å². The maximum absolute atomic E-state index is 13.8. The molecule has 22 nitrogen and oxygen atoms in total. The Balaban J connectivity index is 2.97. The highest BCUT2D eigenvalue weighted by Crippen LogP contribution is 2.22. The minimum atomic E-state index is -1.64. The molecule has 5 atom stereocenters. The molecule has 0 saturated carbocycles. The first-order chi connectivity index (χ1) is 45.8. The summed E-state index contributed by atoms with van der Waals surface area (Å²) in [4.78, 5) is 144. The molecule has 1 saturated heterocycles. The molecule has 7 amide bonds. The number of esters is 2. The van der Waals surface area contributed by atoms with Gasteiger partial charge in [-0.15, -0.1) is 0 Å². The molecule has 0 spiro atoms. The predicted molar refractivity (Wildman–Crippen MR) is 374 cm³/mol. The van der Waals surface area contributed by atoms with E-state index in [1.807, 2.05) is 0 Å². The van der Waals surface area contributed by atoms with Crippen LogP contribution in [0.2, 0.25) is 0 Å².